The van der Waals surface area contributed by atoms with Crippen LogP contribution in [0.4, 0.5) is 5.69 Å². The molecule has 9 heteroatoms. The van der Waals surface area contributed by atoms with Crippen molar-refractivity contribution in [2.24, 2.45) is 0 Å². The van der Waals surface area contributed by atoms with Crippen molar-refractivity contribution in [2.45, 2.75) is 19.5 Å². The molecule has 0 bridgehead atoms. The number of halogens is 1. The molecular formula is C21H18ClN5O3. The Hall–Kier alpha value is -3.49. The molecule has 2 aromatic heterocycles. The molecule has 4 rings (SSSR count). The lowest BCUT2D eigenvalue weighted by molar-refractivity contribution is -0.385. The molecule has 0 radical (unpaired) electrons. The Bertz CT molecular complexity index is 1190. The maximum atomic E-state index is 11.2. The van der Waals surface area contributed by atoms with E-state index in [0.29, 0.717) is 12.3 Å². The molecule has 30 heavy (non-hydrogen) atoms. The fourth-order valence-corrected chi connectivity index (χ4v) is 3.21. The van der Waals surface area contributed by atoms with Gasteiger partial charge >= 0.3 is 5.69 Å². The van der Waals surface area contributed by atoms with Crippen LogP contribution in [-0.2, 0) is 6.54 Å². The van der Waals surface area contributed by atoms with Crippen LogP contribution in [0.15, 0.2) is 66.9 Å². The largest absolute Gasteiger partial charge is 0.450 e. The molecule has 0 aliphatic carbocycles. The van der Waals surface area contributed by atoms with Crippen LogP contribution in [0.25, 0.3) is 5.65 Å². The number of benzene rings is 2. The minimum atomic E-state index is -0.519. The highest BCUT2D eigenvalue weighted by Gasteiger charge is 2.17. The number of aromatic nitrogens is 3. The number of ether oxygens (including phenoxy) is 1. The molecule has 1 N–H and O–H groups in total. The Morgan fingerprint density at radius 3 is 2.73 bits per heavy atom. The molecule has 0 saturated heterocycles. The molecule has 1 unspecified atom stereocenters. The van der Waals surface area contributed by atoms with E-state index in [-0.39, 0.29) is 22.5 Å². The molecule has 0 aliphatic rings. The van der Waals surface area contributed by atoms with E-state index in [0.717, 1.165) is 17.0 Å². The first-order chi connectivity index (χ1) is 14.5. The fraction of sp³-hybridized carbons (Fsp3) is 0.143. The molecule has 4 aromatic rings. The van der Waals surface area contributed by atoms with Crippen LogP contribution in [0.3, 0.4) is 0 Å². The van der Waals surface area contributed by atoms with E-state index >= 15 is 0 Å². The standard InChI is InChI=1S/C21H18ClN5O3/c1-14(21-25-24-20-4-2-3-11-26(20)21)23-13-15-5-8-17(9-6-15)30-19-10-7-16(22)12-18(19)27(28)29/h2-12,14,23H,13H2,1H3. The van der Waals surface area contributed by atoms with E-state index in [1.807, 2.05) is 47.9 Å². The number of nitrogens with one attached hydrogen (secondary N) is 1. The van der Waals surface area contributed by atoms with Gasteiger partial charge in [-0.3, -0.25) is 14.5 Å². The molecule has 152 valence electrons. The molecule has 2 heterocycles. The van der Waals surface area contributed by atoms with E-state index in [4.69, 9.17) is 16.3 Å². The predicted octanol–water partition coefficient (Wildman–Crippen LogP) is 4.93. The van der Waals surface area contributed by atoms with Gasteiger partial charge in [0.15, 0.2) is 11.5 Å². The van der Waals surface area contributed by atoms with Gasteiger partial charge < -0.3 is 10.1 Å². The predicted molar refractivity (Wildman–Crippen MR) is 113 cm³/mol. The van der Waals surface area contributed by atoms with Crippen LogP contribution in [0, 0.1) is 10.1 Å². The van der Waals surface area contributed by atoms with Gasteiger partial charge in [-0.2, -0.15) is 0 Å². The highest BCUT2D eigenvalue weighted by Crippen LogP contribution is 2.33. The third-order valence-corrected chi connectivity index (χ3v) is 4.84. The monoisotopic (exact) mass is 423 g/mol. The summed E-state index contributed by atoms with van der Waals surface area (Å²) >= 11 is 5.84. The molecule has 8 nitrogen and oxygen atoms in total. The van der Waals surface area contributed by atoms with Crippen molar-refractivity contribution in [3.8, 4) is 11.5 Å². The van der Waals surface area contributed by atoms with Gasteiger partial charge in [0.25, 0.3) is 0 Å². The Kier molecular flexibility index (Phi) is 5.60. The zero-order chi connectivity index (χ0) is 21.1. The van der Waals surface area contributed by atoms with Gasteiger partial charge in [-0.05, 0) is 48.9 Å². The highest BCUT2D eigenvalue weighted by molar-refractivity contribution is 6.30. The first kappa shape index (κ1) is 19.8. The van der Waals surface area contributed by atoms with Crippen LogP contribution in [0.2, 0.25) is 5.02 Å². The summed E-state index contributed by atoms with van der Waals surface area (Å²) in [5.41, 5.74) is 1.66. The van der Waals surface area contributed by atoms with E-state index in [9.17, 15) is 10.1 Å². The highest BCUT2D eigenvalue weighted by atomic mass is 35.5. The third-order valence-electron chi connectivity index (χ3n) is 4.61. The lowest BCUT2D eigenvalue weighted by atomic mass is 10.2. The Balaban J connectivity index is 1.41. The second-order valence-corrected chi connectivity index (χ2v) is 7.14. The van der Waals surface area contributed by atoms with Crippen molar-refractivity contribution in [1.29, 1.82) is 0 Å². The lowest BCUT2D eigenvalue weighted by Gasteiger charge is -2.13. The number of hydrogen-bond acceptors (Lipinski definition) is 6. The Morgan fingerprint density at radius 2 is 1.97 bits per heavy atom. The number of nitro groups is 1. The minimum absolute atomic E-state index is 0.00459. The van der Waals surface area contributed by atoms with Gasteiger partial charge in [0.05, 0.1) is 11.0 Å². The number of hydrogen-bond donors (Lipinski definition) is 1. The van der Waals surface area contributed by atoms with Crippen molar-refractivity contribution in [3.05, 3.63) is 93.4 Å². The molecule has 0 fully saturated rings. The molecule has 0 amide bonds. The quantitative estimate of drug-likeness (QED) is 0.334. The maximum Gasteiger partial charge on any atom is 0.313 e. The van der Waals surface area contributed by atoms with Crippen molar-refractivity contribution in [1.82, 2.24) is 19.9 Å². The van der Waals surface area contributed by atoms with E-state index in [2.05, 4.69) is 15.5 Å². The second kappa shape index (κ2) is 8.48. The normalized spacial score (nSPS) is 12.1. The molecule has 0 spiro atoms. The van der Waals surface area contributed by atoms with E-state index < -0.39 is 4.92 Å². The molecule has 0 aliphatic heterocycles. The summed E-state index contributed by atoms with van der Waals surface area (Å²) in [6.45, 7) is 2.64. The molecule has 1 atom stereocenters. The number of nitrogens with zero attached hydrogens (tertiary/aromatic N) is 4. The topological polar surface area (TPSA) is 94.6 Å². The van der Waals surface area contributed by atoms with Crippen molar-refractivity contribution < 1.29 is 9.66 Å². The summed E-state index contributed by atoms with van der Waals surface area (Å²) in [5.74, 6) is 1.48. The average Bonchev–Trinajstić information content (AvgIpc) is 3.18. The van der Waals surface area contributed by atoms with Gasteiger partial charge in [-0.25, -0.2) is 0 Å². The zero-order valence-corrected chi connectivity index (χ0v) is 16.8. The zero-order valence-electron chi connectivity index (χ0n) is 16.0. The first-order valence-corrected chi connectivity index (χ1v) is 9.63. The Morgan fingerprint density at radius 1 is 1.17 bits per heavy atom. The second-order valence-electron chi connectivity index (χ2n) is 6.70. The fourth-order valence-electron chi connectivity index (χ4n) is 3.04. The first-order valence-electron chi connectivity index (χ1n) is 9.25. The summed E-state index contributed by atoms with van der Waals surface area (Å²) in [5, 5.41) is 23.3. The Labute approximate surface area is 177 Å². The molecular weight excluding hydrogens is 406 g/mol. The number of pyridine rings is 1. The number of fused-ring (bicyclic) bond motifs is 1. The molecule has 2 aromatic carbocycles. The van der Waals surface area contributed by atoms with Crippen molar-refractivity contribution in [2.75, 3.05) is 0 Å². The van der Waals surface area contributed by atoms with Gasteiger partial charge in [-0.1, -0.05) is 29.8 Å². The SMILES string of the molecule is CC(NCc1ccc(Oc2ccc(Cl)cc2[N+](=O)[O-])cc1)c1nnc2ccccn12. The van der Waals surface area contributed by atoms with Crippen LogP contribution in [-0.4, -0.2) is 19.5 Å². The van der Waals surface area contributed by atoms with Crippen LogP contribution in [0.5, 0.6) is 11.5 Å². The summed E-state index contributed by atoms with van der Waals surface area (Å²) in [6.07, 6.45) is 1.94. The van der Waals surface area contributed by atoms with Crippen LogP contribution < -0.4 is 10.1 Å². The van der Waals surface area contributed by atoms with E-state index in [1.54, 1.807) is 18.2 Å². The summed E-state index contributed by atoms with van der Waals surface area (Å²) < 4.78 is 7.62. The van der Waals surface area contributed by atoms with Crippen LogP contribution >= 0.6 is 11.6 Å². The molecule has 0 saturated carbocycles. The van der Waals surface area contributed by atoms with Crippen LogP contribution in [0.1, 0.15) is 24.4 Å². The number of nitro benzene ring substituents is 1. The lowest BCUT2D eigenvalue weighted by Crippen LogP contribution is -2.20. The van der Waals surface area contributed by atoms with Gasteiger partial charge in [0.2, 0.25) is 5.75 Å². The van der Waals surface area contributed by atoms with Crippen molar-refractivity contribution >= 4 is 22.9 Å². The maximum absolute atomic E-state index is 11.2. The summed E-state index contributed by atoms with van der Waals surface area (Å²) in [6, 6.07) is 17.4. The number of rotatable bonds is 7. The third kappa shape index (κ3) is 4.24. The summed E-state index contributed by atoms with van der Waals surface area (Å²) in [4.78, 5) is 10.7. The van der Waals surface area contributed by atoms with Gasteiger partial charge in [0.1, 0.15) is 5.75 Å². The van der Waals surface area contributed by atoms with Gasteiger partial charge in [-0.15, -0.1) is 10.2 Å². The van der Waals surface area contributed by atoms with Crippen molar-refractivity contribution in [3.63, 3.8) is 0 Å². The summed E-state index contributed by atoms with van der Waals surface area (Å²) in [7, 11) is 0. The van der Waals surface area contributed by atoms with E-state index in [1.165, 1.54) is 12.1 Å². The minimum Gasteiger partial charge on any atom is -0.450 e. The smallest absolute Gasteiger partial charge is 0.313 e. The van der Waals surface area contributed by atoms with Gasteiger partial charge in [0, 0.05) is 23.8 Å². The average molecular weight is 424 g/mol.